The van der Waals surface area contributed by atoms with Crippen LogP contribution in [0.1, 0.15) is 23.7 Å². The summed E-state index contributed by atoms with van der Waals surface area (Å²) in [5.41, 5.74) is 0.627. The number of hydrogen-bond donors (Lipinski definition) is 0. The van der Waals surface area contributed by atoms with Crippen LogP contribution < -0.4 is 9.47 Å². The first-order chi connectivity index (χ1) is 7.81. The summed E-state index contributed by atoms with van der Waals surface area (Å²) >= 11 is 0. The van der Waals surface area contributed by atoms with E-state index in [1.807, 2.05) is 6.92 Å². The van der Waals surface area contributed by atoms with Crippen molar-refractivity contribution in [2.45, 2.75) is 13.3 Å². The van der Waals surface area contributed by atoms with Crippen molar-refractivity contribution in [3.63, 3.8) is 0 Å². The first-order valence-corrected chi connectivity index (χ1v) is 5.38. The highest BCUT2D eigenvalue weighted by atomic mass is 16.5. The molecule has 2 rings (SSSR count). The Morgan fingerprint density at radius 1 is 1.25 bits per heavy atom. The molecular weight excluding hydrogens is 204 g/mol. The normalized spacial score (nSPS) is 14.8. The van der Waals surface area contributed by atoms with Crippen LogP contribution in [0, 0.1) is 0 Å². The van der Waals surface area contributed by atoms with E-state index in [2.05, 4.69) is 0 Å². The minimum absolute atomic E-state index is 0.0156. The molecule has 3 heteroatoms. The third-order valence-corrected chi connectivity index (χ3v) is 2.35. The van der Waals surface area contributed by atoms with Crippen LogP contribution in [-0.2, 0) is 0 Å². The van der Waals surface area contributed by atoms with Crippen LogP contribution in [0.4, 0.5) is 0 Å². The molecule has 0 aromatic heterocycles. The van der Waals surface area contributed by atoms with Crippen molar-refractivity contribution >= 4 is 5.78 Å². The monoisotopic (exact) mass is 218 g/mol. The van der Waals surface area contributed by atoms with Crippen molar-refractivity contribution in [1.82, 2.24) is 0 Å². The number of ether oxygens (including phenoxy) is 2. The maximum absolute atomic E-state index is 11.6. The molecule has 0 saturated carbocycles. The number of hydrogen-bond acceptors (Lipinski definition) is 3. The van der Waals surface area contributed by atoms with E-state index in [1.54, 1.807) is 30.4 Å². The Labute approximate surface area is 94.7 Å². The summed E-state index contributed by atoms with van der Waals surface area (Å²) in [7, 11) is 0. The molecule has 3 nitrogen and oxygen atoms in total. The molecule has 1 aliphatic rings. The second-order valence-corrected chi connectivity index (χ2v) is 3.58. The highest BCUT2D eigenvalue weighted by molar-refractivity contribution is 6.04. The molecule has 0 amide bonds. The largest absolute Gasteiger partial charge is 0.490 e. The third-order valence-electron chi connectivity index (χ3n) is 2.35. The number of allylic oxidation sites excluding steroid dienone is 2. The number of fused-ring (bicyclic) bond motifs is 1. The van der Waals surface area contributed by atoms with Crippen molar-refractivity contribution in [1.29, 1.82) is 0 Å². The van der Waals surface area contributed by atoms with Gasteiger partial charge in [0.2, 0.25) is 0 Å². The van der Waals surface area contributed by atoms with Crippen LogP contribution in [0.15, 0.2) is 30.4 Å². The second-order valence-electron chi connectivity index (χ2n) is 3.58. The van der Waals surface area contributed by atoms with Gasteiger partial charge >= 0.3 is 0 Å². The number of carbonyl (C=O) groups excluding carboxylic acids is 1. The lowest BCUT2D eigenvalue weighted by atomic mass is 10.1. The summed E-state index contributed by atoms with van der Waals surface area (Å²) in [6.07, 6.45) is 4.14. The molecule has 1 heterocycles. The van der Waals surface area contributed by atoms with Gasteiger partial charge in [-0.25, -0.2) is 0 Å². The lowest BCUT2D eigenvalue weighted by molar-refractivity contribution is 0.104. The van der Waals surface area contributed by atoms with Gasteiger partial charge in [-0.05, 0) is 31.2 Å². The number of carbonyl (C=O) groups is 1. The Kier molecular flexibility index (Phi) is 3.25. The molecular formula is C13H14O3. The fraction of sp³-hybridized carbons (Fsp3) is 0.308. The molecule has 1 aromatic rings. The minimum Gasteiger partial charge on any atom is -0.490 e. The lowest BCUT2D eigenvalue weighted by Crippen LogP contribution is -1.98. The Morgan fingerprint density at radius 3 is 2.75 bits per heavy atom. The first kappa shape index (κ1) is 10.7. The molecule has 0 radical (unpaired) electrons. The maximum atomic E-state index is 11.6. The molecule has 0 spiro atoms. The zero-order valence-corrected chi connectivity index (χ0v) is 9.23. The topological polar surface area (TPSA) is 35.5 Å². The summed E-state index contributed by atoms with van der Waals surface area (Å²) in [6, 6.07) is 5.29. The molecule has 0 atom stereocenters. The summed E-state index contributed by atoms with van der Waals surface area (Å²) in [5, 5.41) is 0. The van der Waals surface area contributed by atoms with Gasteiger partial charge in [0.15, 0.2) is 17.3 Å². The summed E-state index contributed by atoms with van der Waals surface area (Å²) < 4.78 is 11.0. The van der Waals surface area contributed by atoms with E-state index in [1.165, 1.54) is 0 Å². The van der Waals surface area contributed by atoms with E-state index in [0.29, 0.717) is 24.5 Å². The Hall–Kier alpha value is -1.77. The molecule has 16 heavy (non-hydrogen) atoms. The van der Waals surface area contributed by atoms with Gasteiger partial charge < -0.3 is 9.47 Å². The molecule has 0 unspecified atom stereocenters. The van der Waals surface area contributed by atoms with Crippen LogP contribution in [0.25, 0.3) is 0 Å². The zero-order valence-electron chi connectivity index (χ0n) is 9.23. The molecule has 1 aromatic carbocycles. The van der Waals surface area contributed by atoms with Crippen LogP contribution in [0.3, 0.4) is 0 Å². The fourth-order valence-corrected chi connectivity index (χ4v) is 1.56. The SMILES string of the molecule is C/C=C/C(=O)c1ccc2c(c1)OCCCO2. The third kappa shape index (κ3) is 2.24. The zero-order chi connectivity index (χ0) is 11.4. The number of benzene rings is 1. The fourth-order valence-electron chi connectivity index (χ4n) is 1.56. The lowest BCUT2D eigenvalue weighted by Gasteiger charge is -2.07. The molecule has 0 N–H and O–H groups in total. The molecule has 0 saturated heterocycles. The van der Waals surface area contributed by atoms with E-state index < -0.39 is 0 Å². The Morgan fingerprint density at radius 2 is 2.00 bits per heavy atom. The van der Waals surface area contributed by atoms with E-state index in [4.69, 9.17) is 9.47 Å². The highest BCUT2D eigenvalue weighted by Crippen LogP contribution is 2.30. The average molecular weight is 218 g/mol. The van der Waals surface area contributed by atoms with E-state index in [0.717, 1.165) is 12.2 Å². The standard InChI is InChI=1S/C13H14O3/c1-2-4-11(14)10-5-6-12-13(9-10)16-8-3-7-15-12/h2,4-6,9H,3,7-8H2,1H3/b4-2+. The molecule has 1 aliphatic heterocycles. The van der Waals surface area contributed by atoms with E-state index in [-0.39, 0.29) is 5.78 Å². The van der Waals surface area contributed by atoms with Gasteiger partial charge in [-0.1, -0.05) is 6.08 Å². The van der Waals surface area contributed by atoms with Crippen molar-refractivity contribution in [2.75, 3.05) is 13.2 Å². The highest BCUT2D eigenvalue weighted by Gasteiger charge is 2.12. The van der Waals surface area contributed by atoms with Crippen molar-refractivity contribution in [3.8, 4) is 11.5 Å². The van der Waals surface area contributed by atoms with Gasteiger partial charge in [-0.15, -0.1) is 0 Å². The predicted molar refractivity (Wildman–Crippen MR) is 61.2 cm³/mol. The van der Waals surface area contributed by atoms with Crippen molar-refractivity contribution in [2.24, 2.45) is 0 Å². The quantitative estimate of drug-likeness (QED) is 0.565. The molecule has 0 aliphatic carbocycles. The number of rotatable bonds is 2. The molecule has 0 bridgehead atoms. The smallest absolute Gasteiger partial charge is 0.185 e. The Balaban J connectivity index is 2.30. The van der Waals surface area contributed by atoms with E-state index in [9.17, 15) is 4.79 Å². The van der Waals surface area contributed by atoms with Gasteiger partial charge in [0.05, 0.1) is 13.2 Å². The van der Waals surface area contributed by atoms with Crippen molar-refractivity contribution in [3.05, 3.63) is 35.9 Å². The van der Waals surface area contributed by atoms with Gasteiger partial charge in [0.25, 0.3) is 0 Å². The Bertz CT molecular complexity index is 421. The number of ketones is 1. The van der Waals surface area contributed by atoms with Crippen molar-refractivity contribution < 1.29 is 14.3 Å². The maximum Gasteiger partial charge on any atom is 0.185 e. The van der Waals surface area contributed by atoms with Crippen LogP contribution in [-0.4, -0.2) is 19.0 Å². The van der Waals surface area contributed by atoms with Crippen LogP contribution in [0.2, 0.25) is 0 Å². The first-order valence-electron chi connectivity index (χ1n) is 5.38. The van der Waals surface area contributed by atoms with Gasteiger partial charge in [-0.2, -0.15) is 0 Å². The molecule has 84 valence electrons. The van der Waals surface area contributed by atoms with Gasteiger partial charge in [0.1, 0.15) is 0 Å². The predicted octanol–water partition coefficient (Wildman–Crippen LogP) is 2.61. The average Bonchev–Trinajstić information content (AvgIpc) is 2.53. The van der Waals surface area contributed by atoms with Gasteiger partial charge in [0, 0.05) is 12.0 Å². The van der Waals surface area contributed by atoms with Crippen LogP contribution >= 0.6 is 0 Å². The van der Waals surface area contributed by atoms with Crippen LogP contribution in [0.5, 0.6) is 11.5 Å². The minimum atomic E-state index is -0.0156. The van der Waals surface area contributed by atoms with Gasteiger partial charge in [-0.3, -0.25) is 4.79 Å². The van der Waals surface area contributed by atoms with E-state index >= 15 is 0 Å². The second kappa shape index (κ2) is 4.84. The summed E-state index contributed by atoms with van der Waals surface area (Å²) in [4.78, 5) is 11.6. The summed E-state index contributed by atoms with van der Waals surface area (Å²) in [6.45, 7) is 3.12. The molecule has 0 fully saturated rings. The summed E-state index contributed by atoms with van der Waals surface area (Å²) in [5.74, 6) is 1.36.